The Hall–Kier alpha value is -3.07. The molecule has 1 N–H and O–H groups in total. The van der Waals surface area contributed by atoms with Gasteiger partial charge in [0.05, 0.1) is 30.5 Å². The monoisotopic (exact) mass is 328 g/mol. The summed E-state index contributed by atoms with van der Waals surface area (Å²) >= 11 is 0. The maximum absolute atomic E-state index is 13.7. The number of methoxy groups -OCH3 is 1. The standard InChI is InChI=1S/C18H17FN2O3/c1-11(2)24-17-6-4-12(10-20)8-15(17)21-18(22)13-5-7-16(23-3)14(19)9-13/h4-9,11H,1-3H3,(H,21,22). The van der Waals surface area contributed by atoms with Gasteiger partial charge in [-0.2, -0.15) is 5.26 Å². The first-order chi connectivity index (χ1) is 11.4. The van der Waals surface area contributed by atoms with E-state index in [1.165, 1.54) is 25.3 Å². The van der Waals surface area contributed by atoms with E-state index in [9.17, 15) is 9.18 Å². The maximum atomic E-state index is 13.7. The Morgan fingerprint density at radius 2 is 1.92 bits per heavy atom. The first kappa shape index (κ1) is 17.3. The minimum absolute atomic E-state index is 0.0573. The second kappa shape index (κ2) is 7.47. The van der Waals surface area contributed by atoms with Crippen molar-refractivity contribution in [2.75, 3.05) is 12.4 Å². The van der Waals surface area contributed by atoms with Gasteiger partial charge in [0.25, 0.3) is 5.91 Å². The van der Waals surface area contributed by atoms with Crippen LogP contribution in [0.4, 0.5) is 10.1 Å². The number of hydrogen-bond donors (Lipinski definition) is 1. The van der Waals surface area contributed by atoms with E-state index in [0.29, 0.717) is 17.0 Å². The fourth-order valence-corrected chi connectivity index (χ4v) is 2.06. The fourth-order valence-electron chi connectivity index (χ4n) is 2.06. The normalized spacial score (nSPS) is 10.2. The van der Waals surface area contributed by atoms with Gasteiger partial charge < -0.3 is 14.8 Å². The summed E-state index contributed by atoms with van der Waals surface area (Å²) in [6.45, 7) is 3.70. The Labute approximate surface area is 139 Å². The number of carbonyl (C=O) groups is 1. The molecule has 0 saturated heterocycles. The number of rotatable bonds is 5. The van der Waals surface area contributed by atoms with Crippen molar-refractivity contribution >= 4 is 11.6 Å². The number of benzene rings is 2. The molecule has 124 valence electrons. The van der Waals surface area contributed by atoms with E-state index in [2.05, 4.69) is 5.32 Å². The van der Waals surface area contributed by atoms with Gasteiger partial charge in [0, 0.05) is 5.56 Å². The molecule has 0 atom stereocenters. The minimum atomic E-state index is -0.630. The number of carbonyl (C=O) groups excluding carboxylic acids is 1. The van der Waals surface area contributed by atoms with Crippen LogP contribution in [0, 0.1) is 17.1 Å². The van der Waals surface area contributed by atoms with Crippen LogP contribution in [-0.4, -0.2) is 19.1 Å². The molecule has 24 heavy (non-hydrogen) atoms. The fraction of sp³-hybridized carbons (Fsp3) is 0.222. The van der Waals surface area contributed by atoms with Gasteiger partial charge in [-0.25, -0.2) is 4.39 Å². The predicted molar refractivity (Wildman–Crippen MR) is 87.8 cm³/mol. The number of nitrogens with one attached hydrogen (secondary N) is 1. The lowest BCUT2D eigenvalue weighted by molar-refractivity contribution is 0.102. The van der Waals surface area contributed by atoms with Crippen LogP contribution in [0.5, 0.6) is 11.5 Å². The lowest BCUT2D eigenvalue weighted by atomic mass is 10.1. The van der Waals surface area contributed by atoms with Crippen molar-refractivity contribution in [1.29, 1.82) is 5.26 Å². The third-order valence-corrected chi connectivity index (χ3v) is 3.13. The van der Waals surface area contributed by atoms with E-state index < -0.39 is 11.7 Å². The number of nitriles is 1. The summed E-state index contributed by atoms with van der Waals surface area (Å²) < 4.78 is 24.2. The summed E-state index contributed by atoms with van der Waals surface area (Å²) in [6, 6.07) is 10.6. The zero-order chi connectivity index (χ0) is 17.7. The highest BCUT2D eigenvalue weighted by atomic mass is 19.1. The summed E-state index contributed by atoms with van der Waals surface area (Å²) in [4.78, 5) is 12.3. The van der Waals surface area contributed by atoms with Gasteiger partial charge in [0.15, 0.2) is 11.6 Å². The summed E-state index contributed by atoms with van der Waals surface area (Å²) in [5.41, 5.74) is 0.859. The van der Waals surface area contributed by atoms with Crippen LogP contribution in [0.25, 0.3) is 0 Å². The second-order valence-corrected chi connectivity index (χ2v) is 5.29. The summed E-state index contributed by atoms with van der Waals surface area (Å²) in [5, 5.41) is 11.7. The molecule has 5 nitrogen and oxygen atoms in total. The Balaban J connectivity index is 2.30. The molecule has 0 aliphatic heterocycles. The van der Waals surface area contributed by atoms with Crippen molar-refractivity contribution in [3.63, 3.8) is 0 Å². The molecule has 2 aromatic rings. The predicted octanol–water partition coefficient (Wildman–Crippen LogP) is 3.75. The number of ether oxygens (including phenoxy) is 2. The molecule has 6 heteroatoms. The average Bonchev–Trinajstić information content (AvgIpc) is 2.55. The van der Waals surface area contributed by atoms with Crippen molar-refractivity contribution in [2.45, 2.75) is 20.0 Å². The quantitative estimate of drug-likeness (QED) is 0.907. The molecule has 0 spiro atoms. The molecule has 0 bridgehead atoms. The molecule has 2 rings (SSSR count). The Bertz CT molecular complexity index is 797. The van der Waals surface area contributed by atoms with Gasteiger partial charge in [0.1, 0.15) is 5.75 Å². The topological polar surface area (TPSA) is 71.3 Å². The van der Waals surface area contributed by atoms with E-state index in [4.69, 9.17) is 14.7 Å². The number of anilines is 1. The number of amides is 1. The van der Waals surface area contributed by atoms with Gasteiger partial charge in [-0.1, -0.05) is 0 Å². The van der Waals surface area contributed by atoms with E-state index in [1.807, 2.05) is 19.9 Å². The van der Waals surface area contributed by atoms with E-state index in [1.54, 1.807) is 12.1 Å². The van der Waals surface area contributed by atoms with Gasteiger partial charge >= 0.3 is 0 Å². The highest BCUT2D eigenvalue weighted by Gasteiger charge is 2.14. The van der Waals surface area contributed by atoms with Crippen molar-refractivity contribution in [2.24, 2.45) is 0 Å². The first-order valence-electron chi connectivity index (χ1n) is 7.30. The zero-order valence-corrected chi connectivity index (χ0v) is 13.6. The third-order valence-electron chi connectivity index (χ3n) is 3.13. The molecule has 0 unspecified atom stereocenters. The molecule has 0 heterocycles. The van der Waals surface area contributed by atoms with Crippen LogP contribution in [0.2, 0.25) is 0 Å². The van der Waals surface area contributed by atoms with E-state index in [0.717, 1.165) is 6.07 Å². The molecular formula is C18H17FN2O3. The smallest absolute Gasteiger partial charge is 0.255 e. The molecule has 0 aromatic heterocycles. The van der Waals surface area contributed by atoms with Crippen LogP contribution >= 0.6 is 0 Å². The van der Waals surface area contributed by atoms with Crippen molar-refractivity contribution in [3.05, 3.63) is 53.3 Å². The van der Waals surface area contributed by atoms with Crippen LogP contribution in [0.15, 0.2) is 36.4 Å². The molecular weight excluding hydrogens is 311 g/mol. The van der Waals surface area contributed by atoms with Crippen molar-refractivity contribution in [1.82, 2.24) is 0 Å². The van der Waals surface area contributed by atoms with Gasteiger partial charge in [-0.3, -0.25) is 4.79 Å². The number of hydrogen-bond acceptors (Lipinski definition) is 4. The zero-order valence-electron chi connectivity index (χ0n) is 13.6. The maximum Gasteiger partial charge on any atom is 0.255 e. The van der Waals surface area contributed by atoms with Crippen molar-refractivity contribution < 1.29 is 18.7 Å². The SMILES string of the molecule is COc1ccc(C(=O)Nc2cc(C#N)ccc2OC(C)C)cc1F. The summed E-state index contributed by atoms with van der Waals surface area (Å²) in [5.74, 6) is -0.650. The van der Waals surface area contributed by atoms with Crippen LogP contribution in [0.1, 0.15) is 29.8 Å². The average molecular weight is 328 g/mol. The molecule has 2 aromatic carbocycles. The molecule has 0 aliphatic rings. The van der Waals surface area contributed by atoms with Crippen LogP contribution < -0.4 is 14.8 Å². The Kier molecular flexibility index (Phi) is 5.38. The molecule has 0 aliphatic carbocycles. The first-order valence-corrected chi connectivity index (χ1v) is 7.30. The van der Waals surface area contributed by atoms with E-state index in [-0.39, 0.29) is 17.4 Å². The minimum Gasteiger partial charge on any atom is -0.494 e. The molecule has 0 fully saturated rings. The second-order valence-electron chi connectivity index (χ2n) is 5.29. The number of nitrogens with zero attached hydrogens (tertiary/aromatic N) is 1. The highest BCUT2D eigenvalue weighted by molar-refractivity contribution is 6.05. The molecule has 1 amide bonds. The third kappa shape index (κ3) is 4.02. The van der Waals surface area contributed by atoms with Crippen LogP contribution in [0.3, 0.4) is 0 Å². The van der Waals surface area contributed by atoms with Gasteiger partial charge in [-0.15, -0.1) is 0 Å². The summed E-state index contributed by atoms with van der Waals surface area (Å²) in [7, 11) is 1.35. The number of halogens is 1. The molecule has 0 radical (unpaired) electrons. The van der Waals surface area contributed by atoms with Gasteiger partial charge in [0.2, 0.25) is 0 Å². The Morgan fingerprint density at radius 1 is 1.21 bits per heavy atom. The lowest BCUT2D eigenvalue weighted by Crippen LogP contribution is -2.15. The summed E-state index contributed by atoms with van der Waals surface area (Å²) in [6.07, 6.45) is -0.105. The van der Waals surface area contributed by atoms with E-state index >= 15 is 0 Å². The largest absolute Gasteiger partial charge is 0.494 e. The van der Waals surface area contributed by atoms with Crippen LogP contribution in [-0.2, 0) is 0 Å². The van der Waals surface area contributed by atoms with Gasteiger partial charge in [-0.05, 0) is 50.2 Å². The lowest BCUT2D eigenvalue weighted by Gasteiger charge is -2.15. The Morgan fingerprint density at radius 3 is 2.50 bits per heavy atom. The molecule has 0 saturated carbocycles. The highest BCUT2D eigenvalue weighted by Crippen LogP contribution is 2.28. The van der Waals surface area contributed by atoms with Crippen molar-refractivity contribution in [3.8, 4) is 17.6 Å².